The Labute approximate surface area is 310 Å². The van der Waals surface area contributed by atoms with Gasteiger partial charge in [-0.1, -0.05) is 158 Å². The summed E-state index contributed by atoms with van der Waals surface area (Å²) >= 11 is 0. The lowest BCUT2D eigenvalue weighted by atomic mass is 9.84. The molecule has 2 heteroatoms. The molecule has 0 spiro atoms. The van der Waals surface area contributed by atoms with Crippen molar-refractivity contribution >= 4 is 87.0 Å². The molecule has 0 amide bonds. The van der Waals surface area contributed by atoms with E-state index in [2.05, 4.69) is 170 Å². The van der Waals surface area contributed by atoms with Crippen LogP contribution in [0, 0.1) is 0 Å². The van der Waals surface area contributed by atoms with Crippen LogP contribution in [-0.4, -0.2) is 0 Å². The van der Waals surface area contributed by atoms with Crippen molar-refractivity contribution in [2.45, 2.75) is 0 Å². The van der Waals surface area contributed by atoms with E-state index < -0.39 is 0 Å². The maximum absolute atomic E-state index is 6.75. The molecule has 0 aliphatic heterocycles. The van der Waals surface area contributed by atoms with E-state index in [4.69, 9.17) is 8.83 Å². The van der Waals surface area contributed by atoms with Crippen LogP contribution in [0.5, 0.6) is 0 Å². The maximum Gasteiger partial charge on any atom is 0.143 e. The van der Waals surface area contributed by atoms with E-state index >= 15 is 0 Å². The van der Waals surface area contributed by atoms with Crippen LogP contribution in [0.1, 0.15) is 0 Å². The van der Waals surface area contributed by atoms with Crippen molar-refractivity contribution in [2.75, 3.05) is 0 Å². The molecule has 0 unspecified atom stereocenters. The Bertz CT molecular complexity index is 3450. The minimum atomic E-state index is 0.903. The molecule has 0 aliphatic carbocycles. The number of hydrogen-bond acceptors (Lipinski definition) is 2. The number of benzene rings is 10. The zero-order chi connectivity index (χ0) is 35.3. The van der Waals surface area contributed by atoms with Crippen LogP contribution >= 0.6 is 0 Å². The monoisotopic (exact) mass is 686 g/mol. The Morgan fingerprint density at radius 2 is 0.852 bits per heavy atom. The van der Waals surface area contributed by atoms with Crippen LogP contribution in [0.2, 0.25) is 0 Å². The summed E-state index contributed by atoms with van der Waals surface area (Å²) in [7, 11) is 0. The normalized spacial score (nSPS) is 12.1. The van der Waals surface area contributed by atoms with Gasteiger partial charge in [0.25, 0.3) is 0 Å². The highest BCUT2D eigenvalue weighted by atomic mass is 16.3. The molecule has 0 fully saturated rings. The van der Waals surface area contributed by atoms with Gasteiger partial charge in [-0.2, -0.15) is 0 Å². The Balaban J connectivity index is 1.14. The van der Waals surface area contributed by atoms with E-state index in [1.165, 1.54) is 76.1 Å². The van der Waals surface area contributed by atoms with E-state index in [1.54, 1.807) is 0 Å². The average Bonchev–Trinajstić information content (AvgIpc) is 3.82. The molecule has 0 radical (unpaired) electrons. The minimum Gasteiger partial charge on any atom is -0.456 e. The molecule has 0 bridgehead atoms. The first-order chi connectivity index (χ1) is 26.8. The minimum absolute atomic E-state index is 0.903. The second kappa shape index (κ2) is 11.2. The molecule has 0 saturated carbocycles. The van der Waals surface area contributed by atoms with Gasteiger partial charge in [0.05, 0.1) is 0 Å². The molecule has 0 saturated heterocycles. The molecular formula is C52H30O2. The van der Waals surface area contributed by atoms with Gasteiger partial charge in [0.2, 0.25) is 0 Å². The fraction of sp³-hybridized carbons (Fsp3) is 0. The first kappa shape index (κ1) is 29.4. The van der Waals surface area contributed by atoms with Gasteiger partial charge in [0.15, 0.2) is 0 Å². The first-order valence-corrected chi connectivity index (χ1v) is 18.5. The van der Waals surface area contributed by atoms with Crippen LogP contribution in [0.15, 0.2) is 191 Å². The smallest absolute Gasteiger partial charge is 0.143 e. The van der Waals surface area contributed by atoms with Gasteiger partial charge in [0.1, 0.15) is 22.3 Å². The molecule has 54 heavy (non-hydrogen) atoms. The summed E-state index contributed by atoms with van der Waals surface area (Å²) in [5, 5.41) is 14.3. The highest BCUT2D eigenvalue weighted by Gasteiger charge is 2.22. The van der Waals surface area contributed by atoms with E-state index in [0.717, 1.165) is 44.2 Å². The molecule has 10 aromatic carbocycles. The van der Waals surface area contributed by atoms with Gasteiger partial charge in [-0.3, -0.25) is 0 Å². The third kappa shape index (κ3) is 4.11. The molecule has 0 N–H and O–H groups in total. The van der Waals surface area contributed by atoms with Gasteiger partial charge in [-0.25, -0.2) is 0 Å². The summed E-state index contributed by atoms with van der Waals surface area (Å²) in [5.74, 6) is 0. The lowest BCUT2D eigenvalue weighted by molar-refractivity contribution is 0.669. The molecule has 2 aromatic heterocycles. The molecule has 12 aromatic rings. The third-order valence-corrected chi connectivity index (χ3v) is 11.4. The summed E-state index contributed by atoms with van der Waals surface area (Å²) in [6.07, 6.45) is 0. The fourth-order valence-electron chi connectivity index (χ4n) is 9.15. The average molecular weight is 687 g/mol. The second-order valence-corrected chi connectivity index (χ2v) is 14.3. The van der Waals surface area contributed by atoms with Crippen molar-refractivity contribution in [3.8, 4) is 33.4 Å². The zero-order valence-corrected chi connectivity index (χ0v) is 29.1. The predicted octanol–water partition coefficient (Wildman–Crippen LogP) is 15.1. The third-order valence-electron chi connectivity index (χ3n) is 11.4. The molecule has 12 rings (SSSR count). The summed E-state index contributed by atoms with van der Waals surface area (Å²) in [4.78, 5) is 0. The van der Waals surface area contributed by atoms with Gasteiger partial charge in [-0.15, -0.1) is 0 Å². The number of rotatable bonds is 3. The highest BCUT2D eigenvalue weighted by Crippen LogP contribution is 2.49. The Morgan fingerprint density at radius 3 is 1.63 bits per heavy atom. The summed E-state index contributed by atoms with van der Waals surface area (Å²) in [6.45, 7) is 0. The van der Waals surface area contributed by atoms with E-state index in [-0.39, 0.29) is 0 Å². The summed E-state index contributed by atoms with van der Waals surface area (Å²) < 4.78 is 13.2. The summed E-state index contributed by atoms with van der Waals surface area (Å²) in [5.41, 5.74) is 10.6. The quantitative estimate of drug-likeness (QED) is 0.173. The van der Waals surface area contributed by atoms with Crippen molar-refractivity contribution < 1.29 is 8.83 Å². The Morgan fingerprint density at radius 1 is 0.278 bits per heavy atom. The lowest BCUT2D eigenvalue weighted by Crippen LogP contribution is -1.92. The summed E-state index contributed by atoms with van der Waals surface area (Å²) in [6, 6.07) is 65.5. The lowest BCUT2D eigenvalue weighted by Gasteiger charge is -2.19. The molecule has 250 valence electrons. The predicted molar refractivity (Wildman–Crippen MR) is 227 cm³/mol. The number of para-hydroxylation sites is 2. The molecule has 2 heterocycles. The number of hydrogen-bond donors (Lipinski definition) is 0. The van der Waals surface area contributed by atoms with Crippen molar-refractivity contribution in [3.63, 3.8) is 0 Å². The van der Waals surface area contributed by atoms with Gasteiger partial charge in [-0.05, 0) is 95.2 Å². The standard InChI is InChI=1S/C52H30O2/c1-2-16-34-31(13-1)27-28-46-50(34)51-38-19-4-3-17-36(38)44(30-47(51)53-46)49-41-22-7-5-20-39(41)48(40-21-6-8-23-42(40)49)33-15-11-14-32(29-33)35-24-12-25-43-37-18-9-10-26-45(37)54-52(35)43/h1-30H. The van der Waals surface area contributed by atoms with Crippen LogP contribution in [0.4, 0.5) is 0 Å². The largest absolute Gasteiger partial charge is 0.456 e. The topological polar surface area (TPSA) is 26.3 Å². The van der Waals surface area contributed by atoms with Crippen LogP contribution < -0.4 is 0 Å². The maximum atomic E-state index is 6.75. The van der Waals surface area contributed by atoms with E-state index in [0.29, 0.717) is 0 Å². The second-order valence-electron chi connectivity index (χ2n) is 14.3. The molecule has 2 nitrogen and oxygen atoms in total. The number of furan rings is 2. The Hall–Kier alpha value is -7.16. The molecular weight excluding hydrogens is 657 g/mol. The Kier molecular flexibility index (Phi) is 6.09. The molecule has 0 atom stereocenters. The van der Waals surface area contributed by atoms with Crippen LogP contribution in [0.25, 0.3) is 120 Å². The van der Waals surface area contributed by atoms with Crippen molar-refractivity contribution in [2.24, 2.45) is 0 Å². The van der Waals surface area contributed by atoms with Crippen LogP contribution in [0.3, 0.4) is 0 Å². The SMILES string of the molecule is c1cc(-c2c3ccccc3c(-c3cc4oc5ccc6ccccc6c5c4c4ccccc34)c3ccccc23)cc(-c2cccc3c2oc2ccccc23)c1. The van der Waals surface area contributed by atoms with E-state index in [9.17, 15) is 0 Å². The van der Waals surface area contributed by atoms with Crippen LogP contribution in [-0.2, 0) is 0 Å². The van der Waals surface area contributed by atoms with Gasteiger partial charge >= 0.3 is 0 Å². The fourth-order valence-corrected chi connectivity index (χ4v) is 9.15. The first-order valence-electron chi connectivity index (χ1n) is 18.5. The highest BCUT2D eigenvalue weighted by molar-refractivity contribution is 6.31. The van der Waals surface area contributed by atoms with E-state index in [1.807, 2.05) is 12.1 Å². The van der Waals surface area contributed by atoms with Crippen molar-refractivity contribution in [1.29, 1.82) is 0 Å². The van der Waals surface area contributed by atoms with Crippen molar-refractivity contribution in [1.82, 2.24) is 0 Å². The zero-order valence-electron chi connectivity index (χ0n) is 29.1. The van der Waals surface area contributed by atoms with Crippen molar-refractivity contribution in [3.05, 3.63) is 182 Å². The number of fused-ring (bicyclic) bond motifs is 12. The molecule has 0 aliphatic rings. The van der Waals surface area contributed by atoms with Gasteiger partial charge < -0.3 is 8.83 Å². The van der Waals surface area contributed by atoms with Gasteiger partial charge in [0, 0.05) is 27.1 Å².